The molecule has 0 bridgehead atoms. The molecule has 19 heavy (non-hydrogen) atoms. The van der Waals surface area contributed by atoms with Gasteiger partial charge in [0, 0.05) is 25.4 Å². The van der Waals surface area contributed by atoms with E-state index in [1.807, 2.05) is 19.2 Å². The van der Waals surface area contributed by atoms with Crippen molar-refractivity contribution in [3.8, 4) is 0 Å². The van der Waals surface area contributed by atoms with E-state index >= 15 is 0 Å². The highest BCUT2D eigenvalue weighted by atomic mass is 16.3. The Labute approximate surface area is 114 Å². The molecule has 1 atom stereocenters. The van der Waals surface area contributed by atoms with Crippen LogP contribution in [0.25, 0.3) is 0 Å². The van der Waals surface area contributed by atoms with Crippen LogP contribution in [0.15, 0.2) is 42.6 Å². The van der Waals surface area contributed by atoms with Gasteiger partial charge in [-0.2, -0.15) is 0 Å². The third-order valence-electron chi connectivity index (χ3n) is 3.13. The van der Waals surface area contributed by atoms with E-state index in [1.165, 1.54) is 11.1 Å². The molecule has 1 N–H and O–H groups in total. The number of aliphatic hydroxyl groups excluding tert-OH is 1. The van der Waals surface area contributed by atoms with Gasteiger partial charge in [-0.15, -0.1) is 0 Å². The zero-order valence-corrected chi connectivity index (χ0v) is 11.7. The van der Waals surface area contributed by atoms with Crippen molar-refractivity contribution in [1.29, 1.82) is 0 Å². The number of aromatic nitrogens is 1. The highest BCUT2D eigenvalue weighted by Gasteiger charge is 2.12. The Morgan fingerprint density at radius 2 is 2.05 bits per heavy atom. The number of benzene rings is 1. The predicted molar refractivity (Wildman–Crippen MR) is 78.2 cm³/mol. The van der Waals surface area contributed by atoms with Crippen molar-refractivity contribution in [2.24, 2.45) is 0 Å². The van der Waals surface area contributed by atoms with Gasteiger partial charge in [-0.3, -0.25) is 0 Å². The fourth-order valence-corrected chi connectivity index (χ4v) is 2.21. The number of pyridine rings is 1. The Morgan fingerprint density at radius 3 is 2.74 bits per heavy atom. The summed E-state index contributed by atoms with van der Waals surface area (Å²) in [6, 6.07) is 12.2. The van der Waals surface area contributed by atoms with Gasteiger partial charge in [0.1, 0.15) is 5.82 Å². The Kier molecular flexibility index (Phi) is 4.17. The van der Waals surface area contributed by atoms with E-state index in [2.05, 4.69) is 41.1 Å². The summed E-state index contributed by atoms with van der Waals surface area (Å²) >= 11 is 0. The fourth-order valence-electron chi connectivity index (χ4n) is 2.21. The van der Waals surface area contributed by atoms with Gasteiger partial charge in [-0.05, 0) is 25.5 Å². The molecule has 0 spiro atoms. The SMILES string of the molecule is Cc1cccc(CN(C)c2ncccc2[C@@H](C)O)c1. The Morgan fingerprint density at radius 1 is 1.26 bits per heavy atom. The van der Waals surface area contributed by atoms with Crippen LogP contribution in [0.2, 0.25) is 0 Å². The largest absolute Gasteiger partial charge is 0.389 e. The number of hydrogen-bond donors (Lipinski definition) is 1. The molecular weight excluding hydrogens is 236 g/mol. The highest BCUT2D eigenvalue weighted by molar-refractivity contribution is 5.47. The number of hydrogen-bond acceptors (Lipinski definition) is 3. The van der Waals surface area contributed by atoms with Gasteiger partial charge in [-0.25, -0.2) is 4.98 Å². The van der Waals surface area contributed by atoms with Crippen molar-refractivity contribution in [3.05, 3.63) is 59.3 Å². The Balaban J connectivity index is 2.23. The van der Waals surface area contributed by atoms with Crippen LogP contribution in [0.5, 0.6) is 0 Å². The summed E-state index contributed by atoms with van der Waals surface area (Å²) in [7, 11) is 2.00. The lowest BCUT2D eigenvalue weighted by Crippen LogP contribution is -2.20. The van der Waals surface area contributed by atoms with E-state index in [4.69, 9.17) is 0 Å². The molecule has 1 aromatic carbocycles. The summed E-state index contributed by atoms with van der Waals surface area (Å²) in [5.41, 5.74) is 3.35. The van der Waals surface area contributed by atoms with Gasteiger partial charge in [0.05, 0.1) is 6.10 Å². The molecule has 1 heterocycles. The molecule has 0 amide bonds. The van der Waals surface area contributed by atoms with Gasteiger partial charge < -0.3 is 10.0 Å². The lowest BCUT2D eigenvalue weighted by atomic mass is 10.1. The van der Waals surface area contributed by atoms with Crippen LogP contribution in [-0.4, -0.2) is 17.1 Å². The molecule has 0 aliphatic heterocycles. The molecule has 2 aromatic rings. The molecule has 3 heteroatoms. The van der Waals surface area contributed by atoms with Crippen LogP contribution in [0.3, 0.4) is 0 Å². The minimum absolute atomic E-state index is 0.511. The molecule has 100 valence electrons. The Bertz CT molecular complexity index is 552. The van der Waals surface area contributed by atoms with Crippen molar-refractivity contribution in [3.63, 3.8) is 0 Å². The number of rotatable bonds is 4. The average molecular weight is 256 g/mol. The van der Waals surface area contributed by atoms with Crippen molar-refractivity contribution in [2.45, 2.75) is 26.5 Å². The van der Waals surface area contributed by atoms with Crippen molar-refractivity contribution >= 4 is 5.82 Å². The summed E-state index contributed by atoms with van der Waals surface area (Å²) < 4.78 is 0. The number of nitrogens with zero attached hydrogens (tertiary/aromatic N) is 2. The van der Waals surface area contributed by atoms with E-state index in [0.717, 1.165) is 17.9 Å². The lowest BCUT2D eigenvalue weighted by Gasteiger charge is -2.22. The van der Waals surface area contributed by atoms with Crippen molar-refractivity contribution in [1.82, 2.24) is 4.98 Å². The third kappa shape index (κ3) is 3.32. The molecule has 0 aliphatic carbocycles. The van der Waals surface area contributed by atoms with Gasteiger partial charge >= 0.3 is 0 Å². The van der Waals surface area contributed by atoms with Crippen LogP contribution in [-0.2, 0) is 6.54 Å². The van der Waals surface area contributed by atoms with Crippen molar-refractivity contribution < 1.29 is 5.11 Å². The van der Waals surface area contributed by atoms with E-state index in [1.54, 1.807) is 13.1 Å². The molecule has 3 nitrogen and oxygen atoms in total. The van der Waals surface area contributed by atoms with E-state index < -0.39 is 6.10 Å². The second kappa shape index (κ2) is 5.85. The predicted octanol–water partition coefficient (Wildman–Crippen LogP) is 3.08. The number of anilines is 1. The molecule has 1 aromatic heterocycles. The lowest BCUT2D eigenvalue weighted by molar-refractivity contribution is 0.199. The minimum atomic E-state index is -0.511. The van der Waals surface area contributed by atoms with Gasteiger partial charge in [0.15, 0.2) is 0 Å². The summed E-state index contributed by atoms with van der Waals surface area (Å²) in [6.07, 6.45) is 1.25. The normalized spacial score (nSPS) is 12.2. The van der Waals surface area contributed by atoms with Gasteiger partial charge in [-0.1, -0.05) is 35.9 Å². The number of aliphatic hydroxyl groups is 1. The van der Waals surface area contributed by atoms with Crippen molar-refractivity contribution in [2.75, 3.05) is 11.9 Å². The quantitative estimate of drug-likeness (QED) is 0.913. The van der Waals surface area contributed by atoms with Crippen LogP contribution >= 0.6 is 0 Å². The maximum Gasteiger partial charge on any atom is 0.134 e. The molecule has 0 radical (unpaired) electrons. The summed E-state index contributed by atoms with van der Waals surface area (Å²) in [4.78, 5) is 6.45. The van der Waals surface area contributed by atoms with E-state index in [-0.39, 0.29) is 0 Å². The maximum atomic E-state index is 9.80. The zero-order valence-electron chi connectivity index (χ0n) is 11.7. The van der Waals surface area contributed by atoms with Crippen LogP contribution in [0, 0.1) is 6.92 Å². The second-order valence-corrected chi connectivity index (χ2v) is 4.94. The molecule has 0 aliphatic rings. The molecule has 2 rings (SSSR count). The average Bonchev–Trinajstić information content (AvgIpc) is 2.38. The monoisotopic (exact) mass is 256 g/mol. The second-order valence-electron chi connectivity index (χ2n) is 4.94. The minimum Gasteiger partial charge on any atom is -0.389 e. The van der Waals surface area contributed by atoms with Crippen LogP contribution in [0.1, 0.15) is 29.7 Å². The smallest absolute Gasteiger partial charge is 0.134 e. The summed E-state index contributed by atoms with van der Waals surface area (Å²) in [6.45, 7) is 4.63. The molecule has 0 unspecified atom stereocenters. The first-order chi connectivity index (χ1) is 9.08. The summed E-state index contributed by atoms with van der Waals surface area (Å²) in [5.74, 6) is 0.832. The van der Waals surface area contributed by atoms with E-state index in [9.17, 15) is 5.11 Å². The van der Waals surface area contributed by atoms with Gasteiger partial charge in [0.2, 0.25) is 0 Å². The third-order valence-corrected chi connectivity index (χ3v) is 3.13. The summed E-state index contributed by atoms with van der Waals surface area (Å²) in [5, 5.41) is 9.80. The molecule has 0 fully saturated rings. The van der Waals surface area contributed by atoms with Gasteiger partial charge in [0.25, 0.3) is 0 Å². The first-order valence-corrected chi connectivity index (χ1v) is 6.47. The van der Waals surface area contributed by atoms with Crippen LogP contribution in [0.4, 0.5) is 5.82 Å². The molecule has 0 saturated heterocycles. The fraction of sp³-hybridized carbons (Fsp3) is 0.312. The zero-order chi connectivity index (χ0) is 13.8. The molecular formula is C16H20N2O. The topological polar surface area (TPSA) is 36.4 Å². The Hall–Kier alpha value is -1.87. The maximum absolute atomic E-state index is 9.80. The highest BCUT2D eigenvalue weighted by Crippen LogP contribution is 2.23. The standard InChI is InChI=1S/C16H20N2O/c1-12-6-4-7-14(10-12)11-18(3)16-15(13(2)19)8-5-9-17-16/h4-10,13,19H,11H2,1-3H3/t13-/m1/s1. The molecule has 0 saturated carbocycles. The number of aryl methyl sites for hydroxylation is 1. The first kappa shape index (κ1) is 13.6. The van der Waals surface area contributed by atoms with Crippen LogP contribution < -0.4 is 4.90 Å². The van der Waals surface area contributed by atoms with E-state index in [0.29, 0.717) is 0 Å². The first-order valence-electron chi connectivity index (χ1n) is 6.47.